The summed E-state index contributed by atoms with van der Waals surface area (Å²) in [7, 11) is 0. The standard InChI is InChI=1S/C15H23BrN2S/c1-3-14(17)15(12-6-4-5-7-13(12)16)18-8-9-19-11(2)10-18/h4-7,11,14-15H,3,8-10,17H2,1-2H3. The molecule has 1 saturated heterocycles. The van der Waals surface area contributed by atoms with Gasteiger partial charge >= 0.3 is 0 Å². The van der Waals surface area contributed by atoms with Crippen molar-refractivity contribution >= 4 is 27.7 Å². The molecule has 4 heteroatoms. The SMILES string of the molecule is CCC(N)C(c1ccccc1Br)N1CCSC(C)C1. The van der Waals surface area contributed by atoms with E-state index in [-0.39, 0.29) is 6.04 Å². The first kappa shape index (κ1) is 15.4. The maximum absolute atomic E-state index is 6.43. The number of hydrogen-bond acceptors (Lipinski definition) is 3. The molecule has 3 unspecified atom stereocenters. The van der Waals surface area contributed by atoms with Crippen molar-refractivity contribution in [3.8, 4) is 0 Å². The fourth-order valence-electron chi connectivity index (χ4n) is 2.73. The second kappa shape index (κ2) is 7.11. The van der Waals surface area contributed by atoms with Crippen LogP contribution in [-0.2, 0) is 0 Å². The van der Waals surface area contributed by atoms with E-state index in [1.807, 2.05) is 0 Å². The fraction of sp³-hybridized carbons (Fsp3) is 0.600. The van der Waals surface area contributed by atoms with E-state index in [0.29, 0.717) is 11.3 Å². The molecule has 0 bridgehead atoms. The largest absolute Gasteiger partial charge is 0.326 e. The van der Waals surface area contributed by atoms with Crippen molar-refractivity contribution < 1.29 is 0 Å². The lowest BCUT2D eigenvalue weighted by Crippen LogP contribution is -2.46. The van der Waals surface area contributed by atoms with E-state index in [1.165, 1.54) is 15.8 Å². The molecule has 0 aliphatic carbocycles. The summed E-state index contributed by atoms with van der Waals surface area (Å²) < 4.78 is 1.18. The summed E-state index contributed by atoms with van der Waals surface area (Å²) in [5, 5.41) is 0.697. The number of benzene rings is 1. The number of hydrogen-bond donors (Lipinski definition) is 1. The average Bonchev–Trinajstić information content (AvgIpc) is 2.41. The molecule has 0 amide bonds. The van der Waals surface area contributed by atoms with E-state index in [0.717, 1.165) is 19.5 Å². The number of thioether (sulfide) groups is 1. The summed E-state index contributed by atoms with van der Waals surface area (Å²) in [5.41, 5.74) is 7.75. The highest BCUT2D eigenvalue weighted by Gasteiger charge is 2.30. The first-order valence-electron chi connectivity index (χ1n) is 6.99. The van der Waals surface area contributed by atoms with Gasteiger partial charge in [-0.15, -0.1) is 0 Å². The van der Waals surface area contributed by atoms with Crippen molar-refractivity contribution in [1.82, 2.24) is 4.90 Å². The van der Waals surface area contributed by atoms with Crippen LogP contribution in [0.25, 0.3) is 0 Å². The van der Waals surface area contributed by atoms with Gasteiger partial charge in [-0.05, 0) is 18.1 Å². The molecule has 0 radical (unpaired) electrons. The molecule has 2 rings (SSSR count). The van der Waals surface area contributed by atoms with Crippen LogP contribution in [0.15, 0.2) is 28.7 Å². The van der Waals surface area contributed by atoms with Gasteiger partial charge in [0, 0.05) is 34.6 Å². The maximum atomic E-state index is 6.43. The van der Waals surface area contributed by atoms with Gasteiger partial charge < -0.3 is 5.73 Å². The van der Waals surface area contributed by atoms with Crippen molar-refractivity contribution in [2.45, 2.75) is 37.6 Å². The Balaban J connectivity index is 2.28. The van der Waals surface area contributed by atoms with Crippen molar-refractivity contribution in [3.63, 3.8) is 0 Å². The average molecular weight is 343 g/mol. The van der Waals surface area contributed by atoms with Crippen LogP contribution in [0.4, 0.5) is 0 Å². The smallest absolute Gasteiger partial charge is 0.0511 e. The number of rotatable bonds is 4. The molecular formula is C15H23BrN2S. The lowest BCUT2D eigenvalue weighted by atomic mass is 9.96. The predicted molar refractivity (Wildman–Crippen MR) is 88.6 cm³/mol. The molecule has 1 aromatic rings. The molecule has 0 saturated carbocycles. The van der Waals surface area contributed by atoms with Crippen LogP contribution in [0.3, 0.4) is 0 Å². The van der Waals surface area contributed by atoms with Gasteiger partial charge in [0.05, 0.1) is 6.04 Å². The number of nitrogens with two attached hydrogens (primary N) is 1. The molecule has 0 aromatic heterocycles. The molecule has 1 heterocycles. The van der Waals surface area contributed by atoms with Crippen LogP contribution in [0.1, 0.15) is 31.9 Å². The van der Waals surface area contributed by atoms with Gasteiger partial charge in [-0.3, -0.25) is 4.90 Å². The third kappa shape index (κ3) is 3.75. The Kier molecular flexibility index (Phi) is 5.75. The van der Waals surface area contributed by atoms with Gasteiger partial charge in [-0.1, -0.05) is 48.0 Å². The summed E-state index contributed by atoms with van der Waals surface area (Å²) >= 11 is 5.75. The minimum atomic E-state index is 0.189. The molecular weight excluding hydrogens is 320 g/mol. The molecule has 2 N–H and O–H groups in total. The Morgan fingerprint density at radius 3 is 2.84 bits per heavy atom. The zero-order chi connectivity index (χ0) is 13.8. The Hall–Kier alpha value is -0.0300. The molecule has 3 atom stereocenters. The minimum absolute atomic E-state index is 0.189. The lowest BCUT2D eigenvalue weighted by Gasteiger charge is -2.40. The minimum Gasteiger partial charge on any atom is -0.326 e. The van der Waals surface area contributed by atoms with Crippen LogP contribution in [0.2, 0.25) is 0 Å². The summed E-state index contributed by atoms with van der Waals surface area (Å²) in [6, 6.07) is 9.01. The third-order valence-electron chi connectivity index (χ3n) is 3.77. The van der Waals surface area contributed by atoms with Crippen LogP contribution >= 0.6 is 27.7 Å². The Labute approximate surface area is 129 Å². The summed E-state index contributed by atoms with van der Waals surface area (Å²) in [4.78, 5) is 2.56. The van der Waals surface area contributed by atoms with E-state index >= 15 is 0 Å². The van der Waals surface area contributed by atoms with Gasteiger partial charge in [-0.2, -0.15) is 11.8 Å². The van der Waals surface area contributed by atoms with Crippen molar-refractivity contribution in [3.05, 3.63) is 34.3 Å². The summed E-state index contributed by atoms with van der Waals surface area (Å²) in [6.07, 6.45) is 1.00. The first-order chi connectivity index (χ1) is 9.13. The number of halogens is 1. The van der Waals surface area contributed by atoms with Crippen molar-refractivity contribution in [1.29, 1.82) is 0 Å². The van der Waals surface area contributed by atoms with Gasteiger partial charge in [0.2, 0.25) is 0 Å². The van der Waals surface area contributed by atoms with Crippen molar-refractivity contribution in [2.75, 3.05) is 18.8 Å². The van der Waals surface area contributed by atoms with Crippen LogP contribution in [-0.4, -0.2) is 35.0 Å². The molecule has 0 spiro atoms. The molecule has 106 valence electrons. The van der Waals surface area contributed by atoms with E-state index < -0.39 is 0 Å². The molecule has 2 nitrogen and oxygen atoms in total. The highest BCUT2D eigenvalue weighted by Crippen LogP contribution is 2.33. The Morgan fingerprint density at radius 2 is 2.21 bits per heavy atom. The molecule has 19 heavy (non-hydrogen) atoms. The van der Waals surface area contributed by atoms with Gasteiger partial charge in [0.15, 0.2) is 0 Å². The number of nitrogens with zero attached hydrogens (tertiary/aromatic N) is 1. The predicted octanol–water partition coefficient (Wildman–Crippen LogP) is 3.66. The Bertz CT molecular complexity index is 413. The van der Waals surface area contributed by atoms with Gasteiger partial charge in [0.25, 0.3) is 0 Å². The van der Waals surface area contributed by atoms with E-state index in [9.17, 15) is 0 Å². The molecule has 1 fully saturated rings. The molecule has 1 aliphatic rings. The van der Waals surface area contributed by atoms with E-state index in [2.05, 4.69) is 70.7 Å². The second-order valence-corrected chi connectivity index (χ2v) is 7.62. The molecule has 1 aliphatic heterocycles. The monoisotopic (exact) mass is 342 g/mol. The highest BCUT2D eigenvalue weighted by molar-refractivity contribution is 9.10. The third-order valence-corrected chi connectivity index (χ3v) is 5.63. The first-order valence-corrected chi connectivity index (χ1v) is 8.83. The Morgan fingerprint density at radius 1 is 1.47 bits per heavy atom. The normalized spacial score (nSPS) is 24.1. The maximum Gasteiger partial charge on any atom is 0.0511 e. The fourth-order valence-corrected chi connectivity index (χ4v) is 4.29. The zero-order valence-electron chi connectivity index (χ0n) is 11.7. The van der Waals surface area contributed by atoms with Gasteiger partial charge in [0.1, 0.15) is 0 Å². The van der Waals surface area contributed by atoms with Crippen LogP contribution in [0, 0.1) is 0 Å². The van der Waals surface area contributed by atoms with E-state index in [4.69, 9.17) is 5.73 Å². The van der Waals surface area contributed by atoms with Crippen LogP contribution in [0.5, 0.6) is 0 Å². The van der Waals surface area contributed by atoms with Crippen LogP contribution < -0.4 is 5.73 Å². The lowest BCUT2D eigenvalue weighted by molar-refractivity contribution is 0.176. The second-order valence-electron chi connectivity index (χ2n) is 5.21. The quantitative estimate of drug-likeness (QED) is 0.905. The highest BCUT2D eigenvalue weighted by atomic mass is 79.9. The topological polar surface area (TPSA) is 29.3 Å². The van der Waals surface area contributed by atoms with E-state index in [1.54, 1.807) is 0 Å². The van der Waals surface area contributed by atoms with Gasteiger partial charge in [-0.25, -0.2) is 0 Å². The summed E-state index contributed by atoms with van der Waals surface area (Å²) in [6.45, 7) is 6.75. The summed E-state index contributed by atoms with van der Waals surface area (Å²) in [5.74, 6) is 1.21. The zero-order valence-corrected chi connectivity index (χ0v) is 14.1. The van der Waals surface area contributed by atoms with Crippen molar-refractivity contribution in [2.24, 2.45) is 5.73 Å². The molecule has 1 aromatic carbocycles.